The quantitative estimate of drug-likeness (QED) is 0.759. The number of carbonyl (C=O) groups is 1. The molecule has 0 aromatic carbocycles. The number of hydrogen-bond acceptors (Lipinski definition) is 5. The number of esters is 1. The van der Waals surface area contributed by atoms with Crippen molar-refractivity contribution < 1.29 is 9.53 Å². The first-order chi connectivity index (χ1) is 7.72. The predicted octanol–water partition coefficient (Wildman–Crippen LogP) is 0.962. The highest BCUT2D eigenvalue weighted by Crippen LogP contribution is 2.18. The van der Waals surface area contributed by atoms with Gasteiger partial charge in [0.05, 0.1) is 18.9 Å². The Morgan fingerprint density at radius 3 is 3.00 bits per heavy atom. The van der Waals surface area contributed by atoms with Crippen LogP contribution in [0.25, 0.3) is 11.4 Å². The second-order valence-electron chi connectivity index (χ2n) is 3.17. The van der Waals surface area contributed by atoms with Crippen molar-refractivity contribution in [2.24, 2.45) is 0 Å². The molecule has 0 spiro atoms. The number of ether oxygens (including phenoxy) is 1. The number of carbonyl (C=O) groups excluding carboxylic acids is 1. The lowest BCUT2D eigenvalue weighted by atomic mass is 10.2. The van der Waals surface area contributed by atoms with Crippen LogP contribution in [0.5, 0.6) is 0 Å². The molecule has 2 aromatic rings. The van der Waals surface area contributed by atoms with Crippen molar-refractivity contribution in [3.05, 3.63) is 29.8 Å². The van der Waals surface area contributed by atoms with Gasteiger partial charge in [0.15, 0.2) is 11.5 Å². The van der Waals surface area contributed by atoms with Crippen molar-refractivity contribution in [1.29, 1.82) is 0 Å². The SMILES string of the molecule is COC(=O)c1[nH]ncc1-c1nccc(C)n1. The molecule has 0 saturated heterocycles. The summed E-state index contributed by atoms with van der Waals surface area (Å²) in [4.78, 5) is 19.7. The Balaban J connectivity index is 2.48. The van der Waals surface area contributed by atoms with E-state index in [1.807, 2.05) is 6.92 Å². The van der Waals surface area contributed by atoms with Crippen LogP contribution in [-0.4, -0.2) is 33.2 Å². The van der Waals surface area contributed by atoms with E-state index in [1.165, 1.54) is 13.3 Å². The van der Waals surface area contributed by atoms with Gasteiger partial charge in [-0.1, -0.05) is 0 Å². The minimum absolute atomic E-state index is 0.258. The third kappa shape index (κ3) is 1.77. The maximum atomic E-state index is 11.4. The van der Waals surface area contributed by atoms with Crippen LogP contribution >= 0.6 is 0 Å². The third-order valence-electron chi connectivity index (χ3n) is 2.06. The van der Waals surface area contributed by atoms with Crippen LogP contribution in [0.4, 0.5) is 0 Å². The summed E-state index contributed by atoms with van der Waals surface area (Å²) >= 11 is 0. The van der Waals surface area contributed by atoms with E-state index >= 15 is 0 Å². The Kier molecular flexibility index (Phi) is 2.63. The monoisotopic (exact) mass is 218 g/mol. The lowest BCUT2D eigenvalue weighted by Gasteiger charge is -2.00. The Morgan fingerprint density at radius 1 is 1.50 bits per heavy atom. The molecule has 0 fully saturated rings. The number of nitrogens with zero attached hydrogens (tertiary/aromatic N) is 3. The summed E-state index contributed by atoms with van der Waals surface area (Å²) in [5.41, 5.74) is 1.62. The Hall–Kier alpha value is -2.24. The van der Waals surface area contributed by atoms with Gasteiger partial charge >= 0.3 is 5.97 Å². The zero-order chi connectivity index (χ0) is 11.5. The zero-order valence-electron chi connectivity index (χ0n) is 8.89. The molecule has 0 unspecified atom stereocenters. The van der Waals surface area contributed by atoms with Crippen molar-refractivity contribution in [3.63, 3.8) is 0 Å². The van der Waals surface area contributed by atoms with Gasteiger partial charge in [-0.2, -0.15) is 5.10 Å². The molecule has 0 amide bonds. The summed E-state index contributed by atoms with van der Waals surface area (Å²) in [7, 11) is 1.31. The maximum absolute atomic E-state index is 11.4. The van der Waals surface area contributed by atoms with Crippen LogP contribution < -0.4 is 0 Å². The van der Waals surface area contributed by atoms with Gasteiger partial charge in [-0.05, 0) is 13.0 Å². The molecule has 2 heterocycles. The molecule has 0 aliphatic heterocycles. The van der Waals surface area contributed by atoms with Crippen molar-refractivity contribution in [1.82, 2.24) is 20.2 Å². The van der Waals surface area contributed by atoms with Crippen LogP contribution in [0.1, 0.15) is 16.2 Å². The van der Waals surface area contributed by atoms with Gasteiger partial charge in [-0.3, -0.25) is 5.10 Å². The first kappa shape index (κ1) is 10.3. The average molecular weight is 218 g/mol. The summed E-state index contributed by atoms with van der Waals surface area (Å²) in [6.07, 6.45) is 3.13. The molecule has 6 nitrogen and oxygen atoms in total. The van der Waals surface area contributed by atoms with Gasteiger partial charge in [-0.25, -0.2) is 14.8 Å². The molecule has 0 aliphatic rings. The van der Waals surface area contributed by atoms with Crippen LogP contribution in [0.2, 0.25) is 0 Å². The minimum Gasteiger partial charge on any atom is -0.464 e. The fourth-order valence-electron chi connectivity index (χ4n) is 1.29. The van der Waals surface area contributed by atoms with Gasteiger partial charge in [-0.15, -0.1) is 0 Å². The molecule has 0 bridgehead atoms. The summed E-state index contributed by atoms with van der Waals surface area (Å²) in [6.45, 7) is 1.85. The lowest BCUT2D eigenvalue weighted by molar-refractivity contribution is 0.0595. The minimum atomic E-state index is -0.488. The molecule has 2 aromatic heterocycles. The molecule has 6 heteroatoms. The highest BCUT2D eigenvalue weighted by atomic mass is 16.5. The summed E-state index contributed by atoms with van der Waals surface area (Å²) < 4.78 is 4.62. The van der Waals surface area contributed by atoms with E-state index in [1.54, 1.807) is 12.3 Å². The normalized spacial score (nSPS) is 10.1. The van der Waals surface area contributed by atoms with Crippen LogP contribution in [0.3, 0.4) is 0 Å². The zero-order valence-corrected chi connectivity index (χ0v) is 8.89. The first-order valence-corrected chi connectivity index (χ1v) is 4.64. The molecule has 2 rings (SSSR count). The fourth-order valence-corrected chi connectivity index (χ4v) is 1.29. The van der Waals surface area contributed by atoms with E-state index in [-0.39, 0.29) is 5.69 Å². The van der Waals surface area contributed by atoms with E-state index in [2.05, 4.69) is 24.9 Å². The first-order valence-electron chi connectivity index (χ1n) is 4.64. The molecule has 0 atom stereocenters. The highest BCUT2D eigenvalue weighted by molar-refractivity contribution is 5.93. The van der Waals surface area contributed by atoms with E-state index in [0.29, 0.717) is 11.4 Å². The van der Waals surface area contributed by atoms with Crippen molar-refractivity contribution in [3.8, 4) is 11.4 Å². The Morgan fingerprint density at radius 2 is 2.31 bits per heavy atom. The molecule has 0 saturated carbocycles. The molecular weight excluding hydrogens is 208 g/mol. The lowest BCUT2D eigenvalue weighted by Crippen LogP contribution is -2.04. The van der Waals surface area contributed by atoms with Gasteiger partial charge < -0.3 is 4.74 Å². The van der Waals surface area contributed by atoms with Crippen molar-refractivity contribution >= 4 is 5.97 Å². The maximum Gasteiger partial charge on any atom is 0.356 e. The fraction of sp³-hybridized carbons (Fsp3) is 0.200. The van der Waals surface area contributed by atoms with E-state index in [9.17, 15) is 4.79 Å². The number of nitrogens with one attached hydrogen (secondary N) is 1. The number of H-pyrrole nitrogens is 1. The number of aryl methyl sites for hydroxylation is 1. The summed E-state index contributed by atoms with van der Waals surface area (Å²) in [5.74, 6) is -0.0354. The number of rotatable bonds is 2. The number of methoxy groups -OCH3 is 1. The topological polar surface area (TPSA) is 80.8 Å². The van der Waals surface area contributed by atoms with E-state index in [0.717, 1.165) is 5.69 Å². The molecule has 1 N–H and O–H groups in total. The van der Waals surface area contributed by atoms with E-state index < -0.39 is 5.97 Å². The van der Waals surface area contributed by atoms with Crippen molar-refractivity contribution in [2.75, 3.05) is 7.11 Å². The Bertz CT molecular complexity index is 521. The third-order valence-corrected chi connectivity index (χ3v) is 2.06. The van der Waals surface area contributed by atoms with Gasteiger partial charge in [0, 0.05) is 11.9 Å². The molecule has 82 valence electrons. The summed E-state index contributed by atoms with van der Waals surface area (Å²) in [6, 6.07) is 1.78. The molecule has 0 aliphatic carbocycles. The second-order valence-corrected chi connectivity index (χ2v) is 3.17. The van der Waals surface area contributed by atoms with Gasteiger partial charge in [0.2, 0.25) is 0 Å². The van der Waals surface area contributed by atoms with Gasteiger partial charge in [0.25, 0.3) is 0 Å². The molecule has 0 radical (unpaired) electrons. The van der Waals surface area contributed by atoms with Crippen molar-refractivity contribution in [2.45, 2.75) is 6.92 Å². The smallest absolute Gasteiger partial charge is 0.356 e. The summed E-state index contributed by atoms with van der Waals surface area (Å²) in [5, 5.41) is 6.36. The number of aromatic nitrogens is 4. The highest BCUT2D eigenvalue weighted by Gasteiger charge is 2.17. The number of aromatic amines is 1. The molecular formula is C10H10N4O2. The predicted molar refractivity (Wildman–Crippen MR) is 55.7 cm³/mol. The van der Waals surface area contributed by atoms with Crippen LogP contribution in [0.15, 0.2) is 18.5 Å². The molecule has 16 heavy (non-hydrogen) atoms. The van der Waals surface area contributed by atoms with Crippen LogP contribution in [-0.2, 0) is 4.74 Å². The van der Waals surface area contributed by atoms with Gasteiger partial charge in [0.1, 0.15) is 0 Å². The number of hydrogen-bond donors (Lipinski definition) is 1. The second kappa shape index (κ2) is 4.09. The largest absolute Gasteiger partial charge is 0.464 e. The van der Waals surface area contributed by atoms with Crippen LogP contribution in [0, 0.1) is 6.92 Å². The standard InChI is InChI=1S/C10H10N4O2/c1-6-3-4-11-9(13-6)7-5-12-14-8(7)10(15)16-2/h3-5H,1-2H3,(H,12,14). The average Bonchev–Trinajstić information content (AvgIpc) is 2.77. The Labute approximate surface area is 91.7 Å². The van der Waals surface area contributed by atoms with E-state index in [4.69, 9.17) is 0 Å².